The van der Waals surface area contributed by atoms with Gasteiger partial charge in [-0.3, -0.25) is 4.79 Å². The normalized spacial score (nSPS) is 11.4. The molecule has 0 N–H and O–H groups in total. The summed E-state index contributed by atoms with van der Waals surface area (Å²) in [6.45, 7) is 11.3. The molecule has 17 heavy (non-hydrogen) atoms. The van der Waals surface area contributed by atoms with Crippen molar-refractivity contribution in [3.63, 3.8) is 0 Å². The van der Waals surface area contributed by atoms with Gasteiger partial charge in [0.15, 0.2) is 0 Å². The highest BCUT2D eigenvalue weighted by atomic mass is 16.5. The van der Waals surface area contributed by atoms with Crippen LogP contribution in [0.2, 0.25) is 0 Å². The largest absolute Gasteiger partial charge is 0.493 e. The Hall–Kier alpha value is -1.31. The molecule has 0 atom stereocenters. The second kappa shape index (κ2) is 5.35. The standard InChI is InChI=1S/C15H22O2/c1-11-8-13(10-16)9-12(2)14(11)17-7-6-15(3,4)5/h8-10H,6-7H2,1-5H3. The average molecular weight is 234 g/mol. The molecule has 94 valence electrons. The molecule has 0 aromatic heterocycles. The van der Waals surface area contributed by atoms with Crippen molar-refractivity contribution < 1.29 is 9.53 Å². The summed E-state index contributed by atoms with van der Waals surface area (Å²) in [6, 6.07) is 3.73. The van der Waals surface area contributed by atoms with Gasteiger partial charge in [-0.15, -0.1) is 0 Å². The molecule has 0 saturated heterocycles. The fourth-order valence-corrected chi connectivity index (χ4v) is 1.74. The lowest BCUT2D eigenvalue weighted by Gasteiger charge is -2.19. The smallest absolute Gasteiger partial charge is 0.150 e. The lowest BCUT2D eigenvalue weighted by molar-refractivity contribution is 0.112. The van der Waals surface area contributed by atoms with E-state index in [9.17, 15) is 4.79 Å². The maximum Gasteiger partial charge on any atom is 0.150 e. The summed E-state index contributed by atoms with van der Waals surface area (Å²) in [5.41, 5.74) is 3.05. The highest BCUT2D eigenvalue weighted by Gasteiger charge is 2.11. The van der Waals surface area contributed by atoms with Crippen molar-refractivity contribution in [3.05, 3.63) is 28.8 Å². The topological polar surface area (TPSA) is 26.3 Å². The number of aldehydes is 1. The predicted octanol–water partition coefficient (Wildman–Crippen LogP) is 3.93. The van der Waals surface area contributed by atoms with E-state index in [-0.39, 0.29) is 5.41 Å². The first-order valence-corrected chi connectivity index (χ1v) is 6.03. The lowest BCUT2D eigenvalue weighted by atomic mass is 9.93. The molecule has 0 aliphatic rings. The highest BCUT2D eigenvalue weighted by molar-refractivity contribution is 5.76. The predicted molar refractivity (Wildman–Crippen MR) is 70.9 cm³/mol. The Bertz CT molecular complexity index is 377. The Labute approximate surface area is 104 Å². The van der Waals surface area contributed by atoms with Crippen LogP contribution >= 0.6 is 0 Å². The first-order valence-electron chi connectivity index (χ1n) is 6.03. The molecule has 0 amide bonds. The van der Waals surface area contributed by atoms with E-state index in [0.717, 1.165) is 29.6 Å². The number of carbonyl (C=O) groups is 1. The molecule has 0 unspecified atom stereocenters. The van der Waals surface area contributed by atoms with Crippen molar-refractivity contribution in [3.8, 4) is 5.75 Å². The lowest BCUT2D eigenvalue weighted by Crippen LogP contribution is -2.12. The Morgan fingerprint density at radius 1 is 1.18 bits per heavy atom. The number of aryl methyl sites for hydroxylation is 2. The van der Waals surface area contributed by atoms with Crippen molar-refractivity contribution in [1.82, 2.24) is 0 Å². The van der Waals surface area contributed by atoms with Gasteiger partial charge in [-0.25, -0.2) is 0 Å². The summed E-state index contributed by atoms with van der Waals surface area (Å²) in [5, 5.41) is 0. The van der Waals surface area contributed by atoms with Crippen molar-refractivity contribution in [2.45, 2.75) is 41.0 Å². The van der Waals surface area contributed by atoms with Crippen LogP contribution in [0.15, 0.2) is 12.1 Å². The Kier molecular flexibility index (Phi) is 4.33. The van der Waals surface area contributed by atoms with Gasteiger partial charge in [-0.1, -0.05) is 20.8 Å². The quantitative estimate of drug-likeness (QED) is 0.738. The third-order valence-electron chi connectivity index (χ3n) is 2.72. The van der Waals surface area contributed by atoms with Crippen LogP contribution in [0.1, 0.15) is 48.7 Å². The van der Waals surface area contributed by atoms with Crippen LogP contribution < -0.4 is 4.74 Å². The average Bonchev–Trinajstić information content (AvgIpc) is 2.20. The van der Waals surface area contributed by atoms with E-state index in [4.69, 9.17) is 4.74 Å². The first-order chi connectivity index (χ1) is 7.83. The zero-order chi connectivity index (χ0) is 13.1. The second-order valence-electron chi connectivity index (χ2n) is 5.76. The number of hydrogen-bond acceptors (Lipinski definition) is 2. The summed E-state index contributed by atoms with van der Waals surface area (Å²) in [7, 11) is 0. The van der Waals surface area contributed by atoms with Crippen LogP contribution in [-0.2, 0) is 0 Å². The zero-order valence-corrected chi connectivity index (χ0v) is 11.5. The molecule has 0 heterocycles. The van der Waals surface area contributed by atoms with Crippen LogP contribution in [0.5, 0.6) is 5.75 Å². The van der Waals surface area contributed by atoms with E-state index < -0.39 is 0 Å². The molecule has 0 spiro atoms. The SMILES string of the molecule is Cc1cc(C=O)cc(C)c1OCCC(C)(C)C. The third kappa shape index (κ3) is 4.22. The highest BCUT2D eigenvalue weighted by Crippen LogP contribution is 2.26. The molecule has 2 heteroatoms. The summed E-state index contributed by atoms with van der Waals surface area (Å²) in [5.74, 6) is 0.917. The molecule has 0 bridgehead atoms. The van der Waals surface area contributed by atoms with Crippen molar-refractivity contribution >= 4 is 6.29 Å². The Balaban J connectivity index is 2.75. The minimum absolute atomic E-state index is 0.282. The van der Waals surface area contributed by atoms with E-state index in [2.05, 4.69) is 20.8 Å². The van der Waals surface area contributed by atoms with Crippen molar-refractivity contribution in [2.75, 3.05) is 6.61 Å². The van der Waals surface area contributed by atoms with E-state index >= 15 is 0 Å². The van der Waals surface area contributed by atoms with Gasteiger partial charge in [-0.2, -0.15) is 0 Å². The summed E-state index contributed by atoms with van der Waals surface area (Å²) >= 11 is 0. The number of rotatable bonds is 4. The fraction of sp³-hybridized carbons (Fsp3) is 0.533. The van der Waals surface area contributed by atoms with Crippen LogP contribution in [0.25, 0.3) is 0 Å². The number of ether oxygens (including phenoxy) is 1. The number of carbonyl (C=O) groups excluding carboxylic acids is 1. The van der Waals surface area contributed by atoms with Crippen molar-refractivity contribution in [2.24, 2.45) is 5.41 Å². The maximum absolute atomic E-state index is 10.7. The van der Waals surface area contributed by atoms with Gasteiger partial charge in [-0.05, 0) is 48.9 Å². The van der Waals surface area contributed by atoms with Gasteiger partial charge >= 0.3 is 0 Å². The maximum atomic E-state index is 10.7. The molecular weight excluding hydrogens is 212 g/mol. The molecule has 0 saturated carbocycles. The molecule has 0 aliphatic heterocycles. The van der Waals surface area contributed by atoms with Gasteiger partial charge in [0, 0.05) is 5.56 Å². The summed E-state index contributed by atoms with van der Waals surface area (Å²) in [4.78, 5) is 10.7. The monoisotopic (exact) mass is 234 g/mol. The molecule has 0 fully saturated rings. The fourth-order valence-electron chi connectivity index (χ4n) is 1.74. The third-order valence-corrected chi connectivity index (χ3v) is 2.72. The van der Waals surface area contributed by atoms with Crippen LogP contribution in [-0.4, -0.2) is 12.9 Å². The van der Waals surface area contributed by atoms with E-state index in [1.165, 1.54) is 0 Å². The van der Waals surface area contributed by atoms with E-state index in [1.54, 1.807) is 0 Å². The number of hydrogen-bond donors (Lipinski definition) is 0. The minimum Gasteiger partial charge on any atom is -0.493 e. The zero-order valence-electron chi connectivity index (χ0n) is 11.5. The molecule has 0 radical (unpaired) electrons. The number of benzene rings is 1. The molecule has 1 aromatic rings. The van der Waals surface area contributed by atoms with Gasteiger partial charge in [0.05, 0.1) is 6.61 Å². The minimum atomic E-state index is 0.282. The summed E-state index contributed by atoms with van der Waals surface area (Å²) in [6.07, 6.45) is 1.89. The Morgan fingerprint density at radius 3 is 2.12 bits per heavy atom. The van der Waals surface area contributed by atoms with Crippen LogP contribution in [0, 0.1) is 19.3 Å². The van der Waals surface area contributed by atoms with Gasteiger partial charge in [0.1, 0.15) is 12.0 Å². The molecule has 1 rings (SSSR count). The van der Waals surface area contributed by atoms with Crippen LogP contribution in [0.4, 0.5) is 0 Å². The van der Waals surface area contributed by atoms with E-state index in [1.807, 2.05) is 26.0 Å². The molecular formula is C15H22O2. The molecule has 2 nitrogen and oxygen atoms in total. The van der Waals surface area contributed by atoms with Gasteiger partial charge < -0.3 is 4.74 Å². The van der Waals surface area contributed by atoms with Crippen LogP contribution in [0.3, 0.4) is 0 Å². The second-order valence-corrected chi connectivity index (χ2v) is 5.76. The van der Waals surface area contributed by atoms with Gasteiger partial charge in [0.2, 0.25) is 0 Å². The first kappa shape index (κ1) is 13.8. The summed E-state index contributed by atoms with van der Waals surface area (Å²) < 4.78 is 5.83. The van der Waals surface area contributed by atoms with Gasteiger partial charge in [0.25, 0.3) is 0 Å². The molecule has 0 aliphatic carbocycles. The molecule has 1 aromatic carbocycles. The van der Waals surface area contributed by atoms with Crippen molar-refractivity contribution in [1.29, 1.82) is 0 Å². The van der Waals surface area contributed by atoms with E-state index in [0.29, 0.717) is 12.2 Å². The Morgan fingerprint density at radius 2 is 1.71 bits per heavy atom.